The minimum atomic E-state index is -0.328. The Kier molecular flexibility index (Phi) is 13.4. The van der Waals surface area contributed by atoms with Gasteiger partial charge in [0.2, 0.25) is 0 Å². The monoisotopic (exact) mass is 586 g/mol. The molecule has 7 atom stereocenters. The Morgan fingerprint density at radius 1 is 0.976 bits per heavy atom. The molecule has 0 aromatic heterocycles. The molecule has 0 saturated carbocycles. The van der Waals surface area contributed by atoms with E-state index in [1.165, 1.54) is 12.0 Å². The van der Waals surface area contributed by atoms with E-state index in [9.17, 15) is 9.59 Å². The zero-order valence-electron chi connectivity index (χ0n) is 26.1. The number of fused-ring (bicyclic) bond motifs is 4. The van der Waals surface area contributed by atoms with Gasteiger partial charge in [-0.05, 0) is 76.7 Å². The van der Waals surface area contributed by atoms with Gasteiger partial charge in [-0.3, -0.25) is 4.79 Å². The molecular weight excluding hydrogens is 532 g/mol. The van der Waals surface area contributed by atoms with Crippen molar-refractivity contribution < 1.29 is 28.5 Å². The molecule has 42 heavy (non-hydrogen) atoms. The molecule has 4 aliphatic heterocycles. The molecule has 0 aliphatic carbocycles. The average Bonchev–Trinajstić information content (AvgIpc) is 2.98. The number of carbonyl (C=O) groups excluding carboxylic acids is 2. The lowest BCUT2D eigenvalue weighted by Crippen LogP contribution is -2.46. The maximum absolute atomic E-state index is 13.2. The van der Waals surface area contributed by atoms with Gasteiger partial charge >= 0.3 is 12.0 Å². The molecule has 4 aliphatic rings. The maximum atomic E-state index is 13.2. The van der Waals surface area contributed by atoms with Crippen molar-refractivity contribution in [2.45, 2.75) is 122 Å². The third kappa shape index (κ3) is 10.8. The van der Waals surface area contributed by atoms with Crippen LogP contribution in [-0.2, 0) is 23.7 Å². The number of nitrogens with one attached hydrogen (secondary N) is 1. The van der Waals surface area contributed by atoms with E-state index in [1.807, 2.05) is 6.08 Å². The summed E-state index contributed by atoms with van der Waals surface area (Å²) in [6.45, 7) is 9.63. The zero-order valence-corrected chi connectivity index (χ0v) is 26.1. The van der Waals surface area contributed by atoms with Crippen LogP contribution >= 0.6 is 0 Å². The standard InChI is InChI=1S/C34H54N2O6/c1-4-27-21-30-23-29-11-9-10-28(40-29)20-25(2)13-14-26(3)32(42-33(37)24-31(22-27)41-30)12-7-5-6-8-15-35-34(38)36-16-18-39-19-17-36/h4,7,12-14,25-26,28-32H,5-6,8-11,15-24H2,1-3H3,(H,35,38)/b12-7+,14-13+,27-4-. The Labute approximate surface area is 253 Å². The average molecular weight is 587 g/mol. The van der Waals surface area contributed by atoms with Gasteiger partial charge in [-0.25, -0.2) is 4.79 Å². The number of morpholine rings is 1. The summed E-state index contributed by atoms with van der Waals surface area (Å²) in [5.41, 5.74) is 1.36. The van der Waals surface area contributed by atoms with E-state index < -0.39 is 0 Å². The largest absolute Gasteiger partial charge is 0.457 e. The molecule has 8 heteroatoms. The van der Waals surface area contributed by atoms with E-state index >= 15 is 0 Å². The number of nitrogens with zero attached hydrogens (tertiary/aromatic N) is 1. The highest BCUT2D eigenvalue weighted by atomic mass is 16.6. The first kappa shape index (κ1) is 32.7. The summed E-state index contributed by atoms with van der Waals surface area (Å²) >= 11 is 0. The highest BCUT2D eigenvalue weighted by Crippen LogP contribution is 2.33. The van der Waals surface area contributed by atoms with E-state index in [2.05, 4.69) is 50.4 Å². The highest BCUT2D eigenvalue weighted by molar-refractivity contribution is 5.74. The second kappa shape index (κ2) is 17.2. The SMILES string of the molecule is C/C=C1\CC2CC(=O)OC(/C=C/CCCCNC(=O)N3CCOCC3)C(C)/C=C/C(C)CC3CCCC(CC(C1)O2)O3. The number of hydrogen-bond acceptors (Lipinski definition) is 6. The van der Waals surface area contributed by atoms with Crippen molar-refractivity contribution in [2.24, 2.45) is 11.8 Å². The number of unbranched alkanes of at least 4 members (excludes halogenated alkanes) is 2. The number of allylic oxidation sites excluding steroid dienone is 3. The van der Waals surface area contributed by atoms with Crippen molar-refractivity contribution >= 4 is 12.0 Å². The van der Waals surface area contributed by atoms with E-state index in [1.54, 1.807) is 4.90 Å². The van der Waals surface area contributed by atoms with Crippen molar-refractivity contribution in [3.63, 3.8) is 0 Å². The van der Waals surface area contributed by atoms with Gasteiger partial charge in [-0.1, -0.05) is 43.7 Å². The summed E-state index contributed by atoms with van der Waals surface area (Å²) in [7, 11) is 0. The van der Waals surface area contributed by atoms with Gasteiger partial charge in [0.1, 0.15) is 6.10 Å². The first-order valence-corrected chi connectivity index (χ1v) is 16.5. The van der Waals surface area contributed by atoms with Gasteiger partial charge in [0.05, 0.1) is 44.1 Å². The fraction of sp³-hybridized carbons (Fsp3) is 0.765. The maximum Gasteiger partial charge on any atom is 0.317 e. The summed E-state index contributed by atoms with van der Waals surface area (Å²) in [6, 6.07) is -0.00803. The molecular formula is C34H54N2O6. The zero-order chi connectivity index (χ0) is 29.7. The van der Waals surface area contributed by atoms with Crippen molar-refractivity contribution in [2.75, 3.05) is 32.8 Å². The minimum absolute atomic E-state index is 0.00803. The molecule has 0 spiro atoms. The predicted molar refractivity (Wildman–Crippen MR) is 164 cm³/mol. The lowest BCUT2D eigenvalue weighted by Gasteiger charge is -2.37. The number of ether oxygens (including phenoxy) is 4. The van der Waals surface area contributed by atoms with Crippen LogP contribution in [0.5, 0.6) is 0 Å². The molecule has 4 heterocycles. The molecule has 4 rings (SSSR count). The second-order valence-corrected chi connectivity index (χ2v) is 12.7. The van der Waals surface area contributed by atoms with Gasteiger partial charge in [0, 0.05) is 32.0 Å². The lowest BCUT2D eigenvalue weighted by molar-refractivity contribution is -0.154. The van der Waals surface area contributed by atoms with Gasteiger partial charge < -0.3 is 29.2 Å². The summed E-state index contributed by atoms with van der Waals surface area (Å²) in [4.78, 5) is 27.2. The molecule has 3 saturated heterocycles. The number of rotatable bonds is 6. The van der Waals surface area contributed by atoms with Gasteiger partial charge in [0.25, 0.3) is 0 Å². The minimum Gasteiger partial charge on any atom is -0.457 e. The van der Waals surface area contributed by atoms with Crippen LogP contribution in [0.1, 0.15) is 91.4 Å². The van der Waals surface area contributed by atoms with E-state index in [0.717, 1.165) is 57.8 Å². The molecule has 7 unspecified atom stereocenters. The first-order chi connectivity index (χ1) is 20.4. The number of urea groups is 1. The Morgan fingerprint density at radius 2 is 1.71 bits per heavy atom. The van der Waals surface area contributed by atoms with Crippen LogP contribution in [-0.4, -0.2) is 80.3 Å². The van der Waals surface area contributed by atoms with Gasteiger partial charge in [0.15, 0.2) is 0 Å². The fourth-order valence-corrected chi connectivity index (χ4v) is 6.52. The number of hydrogen-bond donors (Lipinski definition) is 1. The van der Waals surface area contributed by atoms with Crippen molar-refractivity contribution in [3.05, 3.63) is 36.0 Å². The summed E-state index contributed by atoms with van der Waals surface area (Å²) in [5.74, 6) is 0.243. The van der Waals surface area contributed by atoms with Gasteiger partial charge in [-0.15, -0.1) is 0 Å². The summed E-state index contributed by atoms with van der Waals surface area (Å²) in [6.07, 6.45) is 21.0. The molecule has 3 fully saturated rings. The number of cyclic esters (lactones) is 1. The molecule has 8 nitrogen and oxygen atoms in total. The van der Waals surface area contributed by atoms with Crippen LogP contribution in [0.25, 0.3) is 0 Å². The molecule has 0 radical (unpaired) electrons. The van der Waals surface area contributed by atoms with E-state index in [4.69, 9.17) is 18.9 Å². The molecule has 236 valence electrons. The van der Waals surface area contributed by atoms with Crippen LogP contribution in [0, 0.1) is 11.8 Å². The van der Waals surface area contributed by atoms with Crippen LogP contribution in [0.15, 0.2) is 36.0 Å². The van der Waals surface area contributed by atoms with Crippen LogP contribution in [0.3, 0.4) is 0 Å². The quantitative estimate of drug-likeness (QED) is 0.230. The Bertz CT molecular complexity index is 942. The third-order valence-electron chi connectivity index (χ3n) is 8.99. The van der Waals surface area contributed by atoms with Crippen molar-refractivity contribution in [3.8, 4) is 0 Å². The fourth-order valence-electron chi connectivity index (χ4n) is 6.52. The molecule has 4 bridgehead atoms. The number of esters is 1. The molecule has 0 aromatic carbocycles. The Hall–Kier alpha value is -2.16. The van der Waals surface area contributed by atoms with E-state index in [-0.39, 0.29) is 48.8 Å². The Morgan fingerprint density at radius 3 is 2.50 bits per heavy atom. The third-order valence-corrected chi connectivity index (χ3v) is 8.99. The molecule has 1 N–H and O–H groups in total. The van der Waals surface area contributed by atoms with E-state index in [0.29, 0.717) is 44.9 Å². The van der Waals surface area contributed by atoms with Crippen molar-refractivity contribution in [1.29, 1.82) is 0 Å². The predicted octanol–water partition coefficient (Wildman–Crippen LogP) is 6.11. The normalized spacial score (nSPS) is 35.1. The Balaban J connectivity index is 1.33. The topological polar surface area (TPSA) is 86.3 Å². The summed E-state index contributed by atoms with van der Waals surface area (Å²) < 4.78 is 24.4. The van der Waals surface area contributed by atoms with Crippen LogP contribution in [0.4, 0.5) is 4.79 Å². The molecule has 2 amide bonds. The van der Waals surface area contributed by atoms with Gasteiger partial charge in [-0.2, -0.15) is 0 Å². The smallest absolute Gasteiger partial charge is 0.317 e. The highest BCUT2D eigenvalue weighted by Gasteiger charge is 2.32. The first-order valence-electron chi connectivity index (χ1n) is 16.5. The van der Waals surface area contributed by atoms with Crippen LogP contribution < -0.4 is 5.32 Å². The number of carbonyl (C=O) groups is 2. The molecule has 0 aromatic rings. The number of amides is 2. The second-order valence-electron chi connectivity index (χ2n) is 12.7. The lowest BCUT2D eigenvalue weighted by atomic mass is 9.90. The summed E-state index contributed by atoms with van der Waals surface area (Å²) in [5, 5.41) is 3.01. The van der Waals surface area contributed by atoms with Crippen molar-refractivity contribution in [1.82, 2.24) is 10.2 Å². The van der Waals surface area contributed by atoms with Crippen LogP contribution in [0.2, 0.25) is 0 Å².